The van der Waals surface area contributed by atoms with Gasteiger partial charge in [0, 0.05) is 22.3 Å². The average Bonchev–Trinajstić information content (AvgIpc) is 2.44. The van der Waals surface area contributed by atoms with Crippen molar-refractivity contribution >= 4 is 17.5 Å². The molecule has 0 fully saturated rings. The number of carbonyl (C=O) groups is 1. The van der Waals surface area contributed by atoms with Gasteiger partial charge in [-0.1, -0.05) is 23.7 Å². The Morgan fingerprint density at radius 2 is 2.00 bits per heavy atom. The summed E-state index contributed by atoms with van der Waals surface area (Å²) >= 11 is 5.81. The molecule has 5 nitrogen and oxygen atoms in total. The summed E-state index contributed by atoms with van der Waals surface area (Å²) in [6.07, 6.45) is 0. The van der Waals surface area contributed by atoms with Crippen LogP contribution in [0.25, 0.3) is 0 Å². The Morgan fingerprint density at radius 3 is 2.57 bits per heavy atom. The van der Waals surface area contributed by atoms with Crippen LogP contribution >= 0.6 is 11.6 Å². The number of aromatic nitrogens is 1. The largest absolute Gasteiger partial charge is 0.394 e. The Bertz CT molecular complexity index is 695. The van der Waals surface area contributed by atoms with Crippen molar-refractivity contribution in [1.29, 1.82) is 0 Å². The number of hydrogen-bond donors (Lipinski definition) is 3. The fourth-order valence-corrected chi connectivity index (χ4v) is 2.11. The number of aromatic amines is 1. The van der Waals surface area contributed by atoms with Crippen LogP contribution in [0.1, 0.15) is 27.7 Å². The van der Waals surface area contributed by atoms with Gasteiger partial charge in [-0.05, 0) is 30.7 Å². The molecule has 0 radical (unpaired) electrons. The van der Waals surface area contributed by atoms with E-state index in [9.17, 15) is 14.7 Å². The molecule has 0 saturated heterocycles. The fraction of sp³-hybridized carbons (Fsp3) is 0.200. The van der Waals surface area contributed by atoms with E-state index >= 15 is 0 Å². The molecule has 0 spiro atoms. The van der Waals surface area contributed by atoms with Gasteiger partial charge >= 0.3 is 0 Å². The van der Waals surface area contributed by atoms with Crippen LogP contribution in [-0.2, 0) is 0 Å². The summed E-state index contributed by atoms with van der Waals surface area (Å²) in [5, 5.41) is 12.7. The smallest absolute Gasteiger partial charge is 0.252 e. The zero-order chi connectivity index (χ0) is 15.4. The maximum Gasteiger partial charge on any atom is 0.252 e. The summed E-state index contributed by atoms with van der Waals surface area (Å²) in [5.74, 6) is -0.418. The van der Waals surface area contributed by atoms with E-state index in [1.54, 1.807) is 37.3 Å². The summed E-state index contributed by atoms with van der Waals surface area (Å²) in [7, 11) is 0. The Labute approximate surface area is 126 Å². The van der Waals surface area contributed by atoms with Gasteiger partial charge in [-0.25, -0.2) is 0 Å². The zero-order valence-corrected chi connectivity index (χ0v) is 12.1. The summed E-state index contributed by atoms with van der Waals surface area (Å²) in [5.41, 5.74) is 1.24. The molecule has 21 heavy (non-hydrogen) atoms. The molecule has 1 amide bonds. The number of rotatable bonds is 4. The molecule has 3 N–H and O–H groups in total. The minimum atomic E-state index is -0.561. The van der Waals surface area contributed by atoms with Crippen molar-refractivity contribution in [3.63, 3.8) is 0 Å². The quantitative estimate of drug-likeness (QED) is 0.805. The second-order valence-electron chi connectivity index (χ2n) is 4.68. The van der Waals surface area contributed by atoms with E-state index in [1.165, 1.54) is 6.07 Å². The number of nitrogens with one attached hydrogen (secondary N) is 2. The molecule has 2 rings (SSSR count). The van der Waals surface area contributed by atoms with Gasteiger partial charge in [0.25, 0.3) is 5.91 Å². The number of amides is 1. The number of carbonyl (C=O) groups excluding carboxylic acids is 1. The number of pyridine rings is 1. The van der Waals surface area contributed by atoms with E-state index in [4.69, 9.17) is 11.6 Å². The summed E-state index contributed by atoms with van der Waals surface area (Å²) < 4.78 is 0. The van der Waals surface area contributed by atoms with Crippen molar-refractivity contribution < 1.29 is 9.90 Å². The molecule has 6 heteroatoms. The average molecular weight is 307 g/mol. The third-order valence-electron chi connectivity index (χ3n) is 3.00. The summed E-state index contributed by atoms with van der Waals surface area (Å²) in [6, 6.07) is 9.06. The van der Waals surface area contributed by atoms with Crippen LogP contribution in [0.3, 0.4) is 0 Å². The highest BCUT2D eigenvalue weighted by Crippen LogP contribution is 2.16. The number of hydrogen-bond acceptors (Lipinski definition) is 3. The monoisotopic (exact) mass is 306 g/mol. The number of benzene rings is 1. The lowest BCUT2D eigenvalue weighted by Gasteiger charge is -2.17. The predicted octanol–water partition coefficient (Wildman–Crippen LogP) is 1.80. The molecule has 110 valence electrons. The van der Waals surface area contributed by atoms with Crippen molar-refractivity contribution in [2.24, 2.45) is 0 Å². The van der Waals surface area contributed by atoms with Gasteiger partial charge in [-0.2, -0.15) is 0 Å². The Balaban J connectivity index is 2.19. The fourth-order valence-electron chi connectivity index (χ4n) is 1.98. The topological polar surface area (TPSA) is 82.2 Å². The second-order valence-corrected chi connectivity index (χ2v) is 5.11. The molecule has 0 aliphatic heterocycles. The lowest BCUT2D eigenvalue weighted by molar-refractivity contribution is 0.0916. The van der Waals surface area contributed by atoms with Crippen LogP contribution in [0.15, 0.2) is 41.2 Å². The minimum absolute atomic E-state index is 0.253. The van der Waals surface area contributed by atoms with Gasteiger partial charge in [0.2, 0.25) is 5.56 Å². The van der Waals surface area contributed by atoms with E-state index in [-0.39, 0.29) is 17.7 Å². The first-order valence-electron chi connectivity index (χ1n) is 6.38. The van der Waals surface area contributed by atoms with Crippen molar-refractivity contribution in [2.75, 3.05) is 6.61 Å². The van der Waals surface area contributed by atoms with Gasteiger partial charge in [0.05, 0.1) is 12.6 Å². The standard InChI is InChI=1S/C15H15ClN2O3/c1-9-6-11(7-14(20)17-9)15(21)18-13(8-19)10-2-4-12(16)5-3-10/h2-7,13,19H,8H2,1H3,(H,17,20)(H,18,21). The second kappa shape index (κ2) is 6.56. The summed E-state index contributed by atoms with van der Waals surface area (Å²) in [4.78, 5) is 26.1. The minimum Gasteiger partial charge on any atom is -0.394 e. The molecule has 0 saturated carbocycles. The number of halogens is 1. The maximum absolute atomic E-state index is 12.2. The van der Waals surface area contributed by atoms with Crippen LogP contribution in [0.5, 0.6) is 0 Å². The molecule has 1 aromatic heterocycles. The van der Waals surface area contributed by atoms with E-state index in [0.29, 0.717) is 10.7 Å². The van der Waals surface area contributed by atoms with E-state index < -0.39 is 11.9 Å². The molecular weight excluding hydrogens is 292 g/mol. The van der Waals surface area contributed by atoms with Crippen molar-refractivity contribution in [3.05, 3.63) is 68.6 Å². The number of aryl methyl sites for hydroxylation is 1. The Kier molecular flexibility index (Phi) is 4.77. The van der Waals surface area contributed by atoms with Crippen molar-refractivity contribution in [1.82, 2.24) is 10.3 Å². The highest BCUT2D eigenvalue weighted by atomic mass is 35.5. The van der Waals surface area contributed by atoms with Gasteiger partial charge in [0.1, 0.15) is 0 Å². The third kappa shape index (κ3) is 3.93. The molecule has 2 aromatic rings. The van der Waals surface area contributed by atoms with Crippen LogP contribution in [0.4, 0.5) is 0 Å². The van der Waals surface area contributed by atoms with E-state index in [1.807, 2.05) is 0 Å². The van der Waals surface area contributed by atoms with Crippen molar-refractivity contribution in [3.8, 4) is 0 Å². The third-order valence-corrected chi connectivity index (χ3v) is 3.25. The van der Waals surface area contributed by atoms with Crippen molar-refractivity contribution in [2.45, 2.75) is 13.0 Å². The molecular formula is C15H15ClN2O3. The number of aliphatic hydroxyl groups excluding tert-OH is 1. The molecule has 1 unspecified atom stereocenters. The first-order valence-corrected chi connectivity index (χ1v) is 6.75. The van der Waals surface area contributed by atoms with E-state index in [0.717, 1.165) is 5.56 Å². The molecule has 0 aliphatic carbocycles. The Morgan fingerprint density at radius 1 is 1.33 bits per heavy atom. The molecule has 0 bridgehead atoms. The number of aliphatic hydroxyl groups is 1. The molecule has 1 heterocycles. The first kappa shape index (κ1) is 15.3. The van der Waals surface area contributed by atoms with Gasteiger partial charge in [-0.15, -0.1) is 0 Å². The van der Waals surface area contributed by atoms with Crippen LogP contribution in [-0.4, -0.2) is 22.6 Å². The summed E-state index contributed by atoms with van der Waals surface area (Å²) in [6.45, 7) is 1.44. The molecule has 1 aromatic carbocycles. The Hall–Kier alpha value is -2.11. The molecule has 1 atom stereocenters. The van der Waals surface area contributed by atoms with E-state index in [2.05, 4.69) is 10.3 Å². The van der Waals surface area contributed by atoms with Gasteiger partial charge in [-0.3, -0.25) is 9.59 Å². The number of H-pyrrole nitrogens is 1. The zero-order valence-electron chi connectivity index (χ0n) is 11.4. The maximum atomic E-state index is 12.2. The van der Waals surface area contributed by atoms with Crippen LogP contribution < -0.4 is 10.9 Å². The normalized spacial score (nSPS) is 12.0. The lowest BCUT2D eigenvalue weighted by Crippen LogP contribution is -2.31. The van der Waals surface area contributed by atoms with Gasteiger partial charge in [0.15, 0.2) is 0 Å². The predicted molar refractivity (Wildman–Crippen MR) is 80.5 cm³/mol. The highest BCUT2D eigenvalue weighted by molar-refractivity contribution is 6.30. The molecule has 0 aliphatic rings. The first-order chi connectivity index (χ1) is 9.99. The highest BCUT2D eigenvalue weighted by Gasteiger charge is 2.15. The lowest BCUT2D eigenvalue weighted by atomic mass is 10.1. The van der Waals surface area contributed by atoms with Crippen LogP contribution in [0, 0.1) is 6.92 Å². The van der Waals surface area contributed by atoms with Crippen LogP contribution in [0.2, 0.25) is 5.02 Å². The van der Waals surface area contributed by atoms with Gasteiger partial charge < -0.3 is 15.4 Å². The SMILES string of the molecule is Cc1cc(C(=O)NC(CO)c2ccc(Cl)cc2)cc(=O)[nH]1.